The van der Waals surface area contributed by atoms with Crippen LogP contribution >= 0.6 is 0 Å². The van der Waals surface area contributed by atoms with E-state index in [9.17, 15) is 111 Å². The van der Waals surface area contributed by atoms with Crippen LogP contribution in [0.1, 0.15) is 34.1 Å². The average Bonchev–Trinajstić information content (AvgIpc) is 3.58. The van der Waals surface area contributed by atoms with Crippen molar-refractivity contribution in [2.24, 2.45) is 0 Å². The number of carbonyl (C=O) groups is 4. The summed E-state index contributed by atoms with van der Waals surface area (Å²) in [7, 11) is 0. The van der Waals surface area contributed by atoms with Crippen molar-refractivity contribution >= 4 is 23.7 Å². The Kier molecular flexibility index (Phi) is 23.4. The highest BCUT2D eigenvalue weighted by Crippen LogP contribution is 2.40. The van der Waals surface area contributed by atoms with E-state index >= 15 is 0 Å². The van der Waals surface area contributed by atoms with Gasteiger partial charge in [0.2, 0.25) is 17.7 Å². The van der Waals surface area contributed by atoms with E-state index in [0.717, 1.165) is 20.8 Å². The van der Waals surface area contributed by atoms with Gasteiger partial charge in [0.05, 0.1) is 51.3 Å². The van der Waals surface area contributed by atoms with Crippen molar-refractivity contribution in [3.63, 3.8) is 0 Å². The molecule has 1 unspecified atom stereocenters. The molecule has 0 aromatic rings. The van der Waals surface area contributed by atoms with Gasteiger partial charge in [-0.15, -0.1) is 0 Å². The maximum Gasteiger partial charge on any atom is 0.364 e. The zero-order valence-corrected chi connectivity index (χ0v) is 43.7. The average molecular weight is 1190 g/mol. The molecule has 0 saturated carbocycles. The van der Waals surface area contributed by atoms with Crippen LogP contribution in [0, 0.1) is 0 Å². The maximum atomic E-state index is 13.2. The molecular weight excluding hydrogens is 1110 g/mol. The third kappa shape index (κ3) is 14.7. The Morgan fingerprint density at radius 3 is 1.57 bits per heavy atom. The van der Waals surface area contributed by atoms with Gasteiger partial charge in [-0.1, -0.05) is 0 Å². The summed E-state index contributed by atoms with van der Waals surface area (Å²) in [6.07, 6.45) is -55.0. The second kappa shape index (κ2) is 28.3. The predicted octanol–water partition coefficient (Wildman–Crippen LogP) is -13.4. The number of aliphatic carboxylic acids is 1. The molecule has 0 aromatic heterocycles. The molecule has 6 aliphatic heterocycles. The third-order valence-corrected chi connectivity index (χ3v) is 14.5. The lowest BCUT2D eigenvalue weighted by atomic mass is 9.88. The Hall–Kier alpha value is -3.24. The number of ether oxygens (including phenoxy) is 11. The molecule has 6 saturated heterocycles. The summed E-state index contributed by atoms with van der Waals surface area (Å²) in [5, 5.41) is 201. The topological polar surface area (TPSA) is 570 Å². The van der Waals surface area contributed by atoms with E-state index in [-0.39, 0.29) is 0 Å². The largest absolute Gasteiger partial charge is 0.477 e. The van der Waals surface area contributed by atoms with E-state index < -0.39 is 253 Å². The number of carboxylic acid groups (broad SMARTS) is 1. The van der Waals surface area contributed by atoms with Crippen LogP contribution in [-0.2, 0) is 71.3 Å². The molecule has 0 aliphatic carbocycles. The molecule has 468 valence electrons. The summed E-state index contributed by atoms with van der Waals surface area (Å²) in [6.45, 7) is -1.04. The summed E-state index contributed by atoms with van der Waals surface area (Å²) in [5.41, 5.74) is 0. The predicted molar refractivity (Wildman–Crippen MR) is 250 cm³/mol. The molecule has 36 heteroatoms. The first-order chi connectivity index (χ1) is 38.0. The number of carboxylic acids is 1. The van der Waals surface area contributed by atoms with Crippen molar-refractivity contribution in [1.29, 1.82) is 0 Å². The quantitative estimate of drug-likeness (QED) is 0.0507. The maximum absolute atomic E-state index is 13.2. The monoisotopic (exact) mass is 1190 g/mol. The Morgan fingerprint density at radius 2 is 1.01 bits per heavy atom. The number of amides is 3. The molecule has 0 radical (unpaired) electrons. The van der Waals surface area contributed by atoms with Crippen molar-refractivity contribution in [1.82, 2.24) is 16.0 Å². The van der Waals surface area contributed by atoms with Crippen molar-refractivity contribution in [3.05, 3.63) is 0 Å². The van der Waals surface area contributed by atoms with E-state index in [2.05, 4.69) is 16.0 Å². The molecule has 0 aromatic carbocycles. The van der Waals surface area contributed by atoms with Crippen LogP contribution in [0.25, 0.3) is 0 Å². The molecule has 6 fully saturated rings. The van der Waals surface area contributed by atoms with Crippen molar-refractivity contribution in [3.8, 4) is 0 Å². The molecule has 6 rings (SSSR count). The molecule has 31 atom stereocenters. The number of aliphatic hydroxyl groups excluding tert-OH is 17. The lowest BCUT2D eigenvalue weighted by Gasteiger charge is -2.52. The number of aliphatic hydroxyl groups is 17. The zero-order chi connectivity index (χ0) is 60.3. The molecule has 81 heavy (non-hydrogen) atoms. The van der Waals surface area contributed by atoms with E-state index in [0.29, 0.717) is 0 Å². The van der Waals surface area contributed by atoms with Gasteiger partial charge in [0.1, 0.15) is 134 Å². The fraction of sp³-hybridized carbons (Fsp3) is 0.911. The Labute approximate surface area is 459 Å². The van der Waals surface area contributed by atoms with Gasteiger partial charge in [0.25, 0.3) is 5.79 Å². The smallest absolute Gasteiger partial charge is 0.364 e. The zero-order valence-electron chi connectivity index (χ0n) is 43.7. The number of hydrogen-bond acceptors (Lipinski definition) is 32. The molecule has 21 N–H and O–H groups in total. The number of carbonyl (C=O) groups excluding carboxylic acids is 3. The van der Waals surface area contributed by atoms with E-state index in [1.807, 2.05) is 0 Å². The molecule has 0 bridgehead atoms. The van der Waals surface area contributed by atoms with E-state index in [4.69, 9.17) is 52.1 Å². The third-order valence-electron chi connectivity index (χ3n) is 14.5. The second-order valence-corrected chi connectivity index (χ2v) is 20.4. The lowest BCUT2D eigenvalue weighted by molar-refractivity contribution is -0.392. The van der Waals surface area contributed by atoms with Crippen molar-refractivity contribution < 1.29 is 163 Å². The lowest BCUT2D eigenvalue weighted by Crippen LogP contribution is -2.71. The van der Waals surface area contributed by atoms with Crippen LogP contribution in [0.2, 0.25) is 0 Å². The standard InChI is InChI=1S/C45H75N3O33/c1-11-24(58)29(63)31(65)41(72-11)79-37-23(48-14(4)55)40(71-10-20-28(62)35(22(39(68)73-20)47-13(3)54)78-42-32(66)30(64)26(60)17(7-50)74-42)76-19(9-52)34(37)77-43-33(67)38(27(61)18(8-51)75-43)81-45(44(69)70)5-15(56)21(46-12(2)53)36(80-45)25(59)16(57)6-49/h11,15-43,49-52,56-68H,5-10H2,1-4H3,(H,46,53)(H,47,54)(H,48,55)(H,69,70)/t11-,15-,16+,17+,18+,19+,20+,21+,22+,23+,24+,25+,26-,27-,28-,29+,30-,31-,32+,33+,34+,35+,36+,37+,38-,39?,40+,41-,42-,43-,45-/m0/s1. The second-order valence-electron chi connectivity index (χ2n) is 20.4. The van der Waals surface area contributed by atoms with Gasteiger partial charge in [0.15, 0.2) is 31.5 Å². The fourth-order valence-corrected chi connectivity index (χ4v) is 10.3. The van der Waals surface area contributed by atoms with Gasteiger partial charge in [-0.2, -0.15) is 0 Å². The molecule has 0 spiro atoms. The number of hydrogen-bond donors (Lipinski definition) is 21. The summed E-state index contributed by atoms with van der Waals surface area (Å²) in [4.78, 5) is 50.7. The first-order valence-electron chi connectivity index (χ1n) is 25.6. The Morgan fingerprint density at radius 1 is 0.531 bits per heavy atom. The van der Waals surface area contributed by atoms with Gasteiger partial charge in [-0.25, -0.2) is 4.79 Å². The van der Waals surface area contributed by atoms with Gasteiger partial charge >= 0.3 is 5.97 Å². The van der Waals surface area contributed by atoms with Crippen LogP contribution in [0.15, 0.2) is 0 Å². The molecule has 6 aliphatic rings. The first kappa shape index (κ1) is 66.9. The van der Waals surface area contributed by atoms with Crippen molar-refractivity contribution in [2.75, 3.05) is 33.0 Å². The van der Waals surface area contributed by atoms with E-state index in [1.54, 1.807) is 0 Å². The first-order valence-corrected chi connectivity index (χ1v) is 25.6. The number of nitrogens with one attached hydrogen (secondary N) is 3. The Balaban J connectivity index is 1.34. The van der Waals surface area contributed by atoms with Crippen molar-refractivity contribution in [2.45, 2.75) is 224 Å². The van der Waals surface area contributed by atoms with Crippen LogP contribution in [0.5, 0.6) is 0 Å². The van der Waals surface area contributed by atoms with Gasteiger partial charge < -0.3 is 160 Å². The van der Waals surface area contributed by atoms with Crippen LogP contribution < -0.4 is 16.0 Å². The summed E-state index contributed by atoms with van der Waals surface area (Å²) < 4.78 is 64.1. The minimum atomic E-state index is -3.24. The minimum absolute atomic E-state index is 0.801. The van der Waals surface area contributed by atoms with Crippen LogP contribution in [0.4, 0.5) is 0 Å². The van der Waals surface area contributed by atoms with Gasteiger partial charge in [-0.3, -0.25) is 14.4 Å². The van der Waals surface area contributed by atoms with Crippen LogP contribution in [0.3, 0.4) is 0 Å². The van der Waals surface area contributed by atoms with E-state index in [1.165, 1.54) is 6.92 Å². The van der Waals surface area contributed by atoms with Gasteiger partial charge in [-0.05, 0) is 6.92 Å². The van der Waals surface area contributed by atoms with Crippen LogP contribution in [-0.4, -0.2) is 338 Å². The number of rotatable bonds is 21. The highest BCUT2D eigenvalue weighted by molar-refractivity contribution is 5.77. The molecule has 6 heterocycles. The summed E-state index contributed by atoms with van der Waals surface area (Å²) >= 11 is 0. The molecule has 3 amide bonds. The normalized spacial score (nSPS) is 46.7. The summed E-state index contributed by atoms with van der Waals surface area (Å²) in [6, 6.07) is -5.19. The molecular formula is C45H75N3O33. The highest BCUT2D eigenvalue weighted by atomic mass is 16.8. The highest BCUT2D eigenvalue weighted by Gasteiger charge is 2.61. The SMILES string of the molecule is CC(=O)N[C@H]1[C@H](OC[C@H]2OC(O)[C@H](NC(C)=O)[C@@H](O[C@@H]3O[C@H](CO)[C@H](O)[C@H](O)[C@H]3O)[C@H]2O)O[C@H](CO)[C@@H](O[C@@H]2O[C@H](CO)[C@H](O)[C@H](O[C@]3(C(=O)O)C[C@H](O)[C@@H](NC(C)=O)[C@H]([C@H](O)[C@H](O)CO)O3)[C@H]2O)[C@@H]1O[C@@H]1O[C@@H](C)[C@@H](O)[C@@H](O)[C@@H]1O. The van der Waals surface area contributed by atoms with Gasteiger partial charge in [0, 0.05) is 27.2 Å². The minimum Gasteiger partial charge on any atom is -0.477 e. The molecule has 36 nitrogen and oxygen atoms in total. The Bertz CT molecular complexity index is 2070. The summed E-state index contributed by atoms with van der Waals surface area (Å²) in [5.74, 6) is -7.89. The fourth-order valence-electron chi connectivity index (χ4n) is 10.3.